The minimum Gasteiger partial charge on any atom is -0.510 e. The lowest BCUT2D eigenvalue weighted by Gasteiger charge is -2.26. The maximum atomic E-state index is 10.7. The largest absolute Gasteiger partial charge is 0.510 e. The molecule has 1 aliphatic carbocycles. The van der Waals surface area contributed by atoms with E-state index in [-0.39, 0.29) is 11.7 Å². The third-order valence-corrected chi connectivity index (χ3v) is 4.89. The second-order valence-electron chi connectivity index (χ2n) is 7.06. The van der Waals surface area contributed by atoms with Crippen LogP contribution in [-0.2, 0) is 0 Å². The molecule has 24 heavy (non-hydrogen) atoms. The summed E-state index contributed by atoms with van der Waals surface area (Å²) in [5.74, 6) is 0.490. The van der Waals surface area contributed by atoms with E-state index in [4.69, 9.17) is 0 Å². The van der Waals surface area contributed by atoms with Gasteiger partial charge in [0, 0.05) is 50.1 Å². The van der Waals surface area contributed by atoms with Gasteiger partial charge in [0.05, 0.1) is 12.6 Å². The van der Waals surface area contributed by atoms with E-state index in [0.717, 1.165) is 41.6 Å². The Morgan fingerprint density at radius 1 is 1.17 bits per heavy atom. The predicted octanol–water partition coefficient (Wildman–Crippen LogP) is 2.81. The molecule has 2 aliphatic rings. The number of nitrogens with zero attached hydrogens (tertiary/aromatic N) is 2. The highest BCUT2D eigenvalue weighted by Gasteiger charge is 2.31. The van der Waals surface area contributed by atoms with Gasteiger partial charge in [-0.2, -0.15) is 0 Å². The Kier molecular flexibility index (Phi) is 4.45. The van der Waals surface area contributed by atoms with Crippen LogP contribution in [0.5, 0.6) is 5.75 Å². The lowest BCUT2D eigenvalue weighted by Crippen LogP contribution is -2.19. The van der Waals surface area contributed by atoms with Crippen molar-refractivity contribution in [1.82, 2.24) is 4.90 Å². The number of hydrogen-bond acceptors (Lipinski definition) is 5. The van der Waals surface area contributed by atoms with E-state index in [1.54, 1.807) is 12.1 Å². The molecule has 0 radical (unpaired) electrons. The first-order valence-electron chi connectivity index (χ1n) is 8.41. The third-order valence-electron chi connectivity index (χ3n) is 4.89. The Morgan fingerprint density at radius 2 is 1.92 bits per heavy atom. The molecule has 0 saturated heterocycles. The third kappa shape index (κ3) is 3.08. The van der Waals surface area contributed by atoms with Gasteiger partial charge in [0.1, 0.15) is 11.5 Å². The van der Waals surface area contributed by atoms with Crippen molar-refractivity contribution < 1.29 is 15.3 Å². The molecule has 1 aromatic rings. The van der Waals surface area contributed by atoms with Crippen LogP contribution in [0.4, 0.5) is 5.69 Å². The number of aliphatic hydroxyl groups excluding tert-OH is 2. The lowest BCUT2D eigenvalue weighted by atomic mass is 9.90. The average Bonchev–Trinajstić information content (AvgIpc) is 2.91. The fraction of sp³-hybridized carbons (Fsp3) is 0.474. The summed E-state index contributed by atoms with van der Waals surface area (Å²) in [4.78, 5) is 3.88. The average molecular weight is 330 g/mol. The van der Waals surface area contributed by atoms with Gasteiger partial charge in [-0.15, -0.1) is 0 Å². The highest BCUT2D eigenvalue weighted by molar-refractivity contribution is 5.79. The summed E-state index contributed by atoms with van der Waals surface area (Å²) in [5.41, 5.74) is 3.45. The Morgan fingerprint density at radius 3 is 2.50 bits per heavy atom. The summed E-state index contributed by atoms with van der Waals surface area (Å²) in [6, 6.07) is 3.76. The highest BCUT2D eigenvalue weighted by Crippen LogP contribution is 2.45. The number of allylic oxidation sites excluding steroid dienone is 2. The summed E-state index contributed by atoms with van der Waals surface area (Å²) >= 11 is 0. The standard InChI is InChI=1S/C19H26N2O3/c1-20(2)16-8-12(13-7-14(22)11-21(3)10-13)9-18(24)19(16)15-5-4-6-17(15)23/h7-10,15,17,22-24H,4-6,11H2,1-3H3. The molecular formula is C19H26N2O3. The quantitative estimate of drug-likeness (QED) is 0.795. The topological polar surface area (TPSA) is 67.2 Å². The van der Waals surface area contributed by atoms with Gasteiger partial charge in [-0.1, -0.05) is 6.42 Å². The number of phenols is 1. The monoisotopic (exact) mass is 330 g/mol. The summed E-state index contributed by atoms with van der Waals surface area (Å²) in [6.45, 7) is 0.488. The molecule has 5 heteroatoms. The van der Waals surface area contributed by atoms with Gasteiger partial charge in [-0.05, 0) is 36.6 Å². The van der Waals surface area contributed by atoms with Gasteiger partial charge in [-0.25, -0.2) is 0 Å². The highest BCUT2D eigenvalue weighted by atomic mass is 16.3. The number of hydrogen-bond donors (Lipinski definition) is 3. The van der Waals surface area contributed by atoms with Crippen LogP contribution in [0.25, 0.3) is 5.57 Å². The molecule has 0 amide bonds. The van der Waals surface area contributed by atoms with Crippen molar-refractivity contribution in [3.63, 3.8) is 0 Å². The molecule has 2 atom stereocenters. The summed E-state index contributed by atoms with van der Waals surface area (Å²) in [5, 5.41) is 30.9. The Labute approximate surface area is 143 Å². The van der Waals surface area contributed by atoms with Crippen LogP contribution in [0, 0.1) is 0 Å². The second kappa shape index (κ2) is 6.40. The fourth-order valence-corrected chi connectivity index (χ4v) is 3.78. The molecule has 1 saturated carbocycles. The summed E-state index contributed by atoms with van der Waals surface area (Å²) in [7, 11) is 5.79. The smallest absolute Gasteiger partial charge is 0.121 e. The Balaban J connectivity index is 2.08. The van der Waals surface area contributed by atoms with Crippen LogP contribution in [0.15, 0.2) is 30.2 Å². The van der Waals surface area contributed by atoms with Crippen LogP contribution in [0.2, 0.25) is 0 Å². The molecule has 1 heterocycles. The van der Waals surface area contributed by atoms with E-state index < -0.39 is 6.10 Å². The zero-order chi connectivity index (χ0) is 17.4. The van der Waals surface area contributed by atoms with Crippen LogP contribution in [0.1, 0.15) is 36.3 Å². The molecule has 0 aromatic heterocycles. The van der Waals surface area contributed by atoms with Gasteiger partial charge >= 0.3 is 0 Å². The molecule has 1 fully saturated rings. The first-order chi connectivity index (χ1) is 11.4. The van der Waals surface area contributed by atoms with E-state index in [1.165, 1.54) is 0 Å². The summed E-state index contributed by atoms with van der Waals surface area (Å²) in [6.07, 6.45) is 5.94. The number of rotatable bonds is 3. The number of benzene rings is 1. The predicted molar refractivity (Wildman–Crippen MR) is 96.4 cm³/mol. The van der Waals surface area contributed by atoms with Crippen molar-refractivity contribution >= 4 is 11.3 Å². The lowest BCUT2D eigenvalue weighted by molar-refractivity contribution is 0.162. The Hall–Kier alpha value is -2.14. The molecule has 0 bridgehead atoms. The van der Waals surface area contributed by atoms with Crippen LogP contribution >= 0.6 is 0 Å². The zero-order valence-electron chi connectivity index (χ0n) is 14.5. The van der Waals surface area contributed by atoms with Gasteiger partial charge in [0.15, 0.2) is 0 Å². The number of likely N-dealkylation sites (N-methyl/N-ethyl adjacent to an activating group) is 1. The number of phenolic OH excluding ortho intramolecular Hbond substituents is 1. The molecule has 1 aromatic carbocycles. The first kappa shape index (κ1) is 16.7. The van der Waals surface area contributed by atoms with Crippen molar-refractivity contribution in [2.24, 2.45) is 0 Å². The van der Waals surface area contributed by atoms with Gasteiger partial charge in [0.25, 0.3) is 0 Å². The number of aliphatic hydroxyl groups is 2. The molecular weight excluding hydrogens is 304 g/mol. The second-order valence-corrected chi connectivity index (χ2v) is 7.06. The molecule has 0 spiro atoms. The van der Waals surface area contributed by atoms with Crippen molar-refractivity contribution in [2.45, 2.75) is 31.3 Å². The minimum absolute atomic E-state index is 0.0246. The minimum atomic E-state index is -0.399. The summed E-state index contributed by atoms with van der Waals surface area (Å²) < 4.78 is 0. The van der Waals surface area contributed by atoms with E-state index in [2.05, 4.69) is 0 Å². The maximum Gasteiger partial charge on any atom is 0.121 e. The van der Waals surface area contributed by atoms with Gasteiger partial charge in [-0.3, -0.25) is 0 Å². The Bertz CT molecular complexity index is 694. The van der Waals surface area contributed by atoms with E-state index in [1.807, 2.05) is 43.2 Å². The SMILES string of the molecule is CN1C=C(c2cc(O)c(C3CCCC3O)c(N(C)C)c2)C=C(O)C1. The normalized spacial score (nSPS) is 23.9. The molecule has 3 rings (SSSR count). The van der Waals surface area contributed by atoms with Gasteiger partial charge in [0.2, 0.25) is 0 Å². The number of anilines is 1. The molecule has 130 valence electrons. The fourth-order valence-electron chi connectivity index (χ4n) is 3.78. The number of aromatic hydroxyl groups is 1. The van der Waals surface area contributed by atoms with Crippen molar-refractivity contribution in [3.05, 3.63) is 41.3 Å². The van der Waals surface area contributed by atoms with E-state index >= 15 is 0 Å². The molecule has 2 unspecified atom stereocenters. The maximum absolute atomic E-state index is 10.7. The van der Waals surface area contributed by atoms with Crippen molar-refractivity contribution in [1.29, 1.82) is 0 Å². The van der Waals surface area contributed by atoms with Crippen molar-refractivity contribution in [2.75, 3.05) is 32.6 Å². The van der Waals surface area contributed by atoms with E-state index in [0.29, 0.717) is 12.3 Å². The molecule has 3 N–H and O–H groups in total. The van der Waals surface area contributed by atoms with Crippen LogP contribution in [-0.4, -0.2) is 54.0 Å². The van der Waals surface area contributed by atoms with E-state index in [9.17, 15) is 15.3 Å². The van der Waals surface area contributed by atoms with Gasteiger partial charge < -0.3 is 25.1 Å². The molecule has 1 aliphatic heterocycles. The van der Waals surface area contributed by atoms with Crippen LogP contribution < -0.4 is 4.90 Å². The first-order valence-corrected chi connectivity index (χ1v) is 8.41. The van der Waals surface area contributed by atoms with Crippen LogP contribution in [0.3, 0.4) is 0 Å². The molecule has 5 nitrogen and oxygen atoms in total. The zero-order valence-corrected chi connectivity index (χ0v) is 14.5. The van der Waals surface area contributed by atoms with Crippen molar-refractivity contribution in [3.8, 4) is 5.75 Å².